The molecule has 1 unspecified atom stereocenters. The van der Waals surface area contributed by atoms with Crippen LogP contribution in [0.2, 0.25) is 0 Å². The Bertz CT molecular complexity index is 1210. The van der Waals surface area contributed by atoms with E-state index in [1.807, 2.05) is 10.6 Å². The van der Waals surface area contributed by atoms with Gasteiger partial charge in [-0.15, -0.1) is 0 Å². The average Bonchev–Trinajstić information content (AvgIpc) is 2.67. The van der Waals surface area contributed by atoms with Crippen molar-refractivity contribution in [3.8, 4) is 22.8 Å². The van der Waals surface area contributed by atoms with E-state index in [1.54, 1.807) is 6.07 Å². The number of fused-ring (bicyclic) bond motifs is 3. The van der Waals surface area contributed by atoms with E-state index in [9.17, 15) is 23.1 Å². The molecule has 2 aromatic rings. The number of rotatable bonds is 7. The molecule has 1 atom stereocenters. The first kappa shape index (κ1) is 23.8. The normalized spacial score (nSPS) is 15.6. The highest BCUT2D eigenvalue weighted by Gasteiger charge is 2.35. The Hall–Kier alpha value is -2.81. The van der Waals surface area contributed by atoms with E-state index >= 15 is 0 Å². The molecule has 32 heavy (non-hydrogen) atoms. The minimum atomic E-state index is -3.06. The van der Waals surface area contributed by atoms with Crippen molar-refractivity contribution in [3.63, 3.8) is 0 Å². The van der Waals surface area contributed by atoms with Gasteiger partial charge in [0.1, 0.15) is 26.9 Å². The standard InChI is InChI=1S/C23H29NO7S/c1-23(2,3)20-10-14-9-15(31-7-6-8-32(5,28)29)11-19(30-4)21(14)17-12-18(25)16(22(26)27)13-24(17)20/h9,11-13,20H,6-8,10H2,1-5H3,(H,26,27). The Morgan fingerprint density at radius 3 is 2.50 bits per heavy atom. The summed E-state index contributed by atoms with van der Waals surface area (Å²) in [6, 6.07) is 4.84. The fraction of sp³-hybridized carbons (Fsp3) is 0.478. The molecule has 3 rings (SSSR count). The zero-order valence-electron chi connectivity index (χ0n) is 19.0. The summed E-state index contributed by atoms with van der Waals surface area (Å²) in [6.07, 6.45) is 3.58. The third-order valence-electron chi connectivity index (χ3n) is 5.62. The van der Waals surface area contributed by atoms with E-state index in [0.717, 1.165) is 11.1 Å². The summed E-state index contributed by atoms with van der Waals surface area (Å²) in [5.74, 6) is -0.152. The number of nitrogens with zero attached hydrogens (tertiary/aromatic N) is 1. The molecule has 0 saturated heterocycles. The molecule has 8 nitrogen and oxygen atoms in total. The van der Waals surface area contributed by atoms with E-state index in [1.165, 1.54) is 25.6 Å². The number of aromatic nitrogens is 1. The van der Waals surface area contributed by atoms with Gasteiger partial charge >= 0.3 is 5.97 Å². The first-order valence-electron chi connectivity index (χ1n) is 10.3. The molecule has 0 fully saturated rings. The molecule has 0 saturated carbocycles. The molecule has 0 spiro atoms. The van der Waals surface area contributed by atoms with Gasteiger partial charge in [0.15, 0.2) is 5.43 Å². The number of ether oxygens (including phenoxy) is 2. The zero-order valence-corrected chi connectivity index (χ0v) is 19.8. The molecule has 1 aliphatic rings. The number of methoxy groups -OCH3 is 1. The SMILES string of the molecule is COc1cc(OCCCS(C)(=O)=O)cc2c1-c1cc(=O)c(C(=O)O)cn1C(C(C)(C)C)C2. The quantitative estimate of drug-likeness (QED) is 0.628. The van der Waals surface area contributed by atoms with E-state index in [4.69, 9.17) is 9.47 Å². The van der Waals surface area contributed by atoms with E-state index in [-0.39, 0.29) is 29.4 Å². The maximum absolute atomic E-state index is 12.5. The van der Waals surface area contributed by atoms with Gasteiger partial charge < -0.3 is 19.1 Å². The van der Waals surface area contributed by atoms with Gasteiger partial charge in [-0.2, -0.15) is 0 Å². The lowest BCUT2D eigenvalue weighted by Gasteiger charge is -2.39. The third kappa shape index (κ3) is 4.98. The smallest absolute Gasteiger partial charge is 0.341 e. The van der Waals surface area contributed by atoms with Crippen molar-refractivity contribution in [2.75, 3.05) is 25.7 Å². The van der Waals surface area contributed by atoms with Crippen molar-refractivity contribution in [2.45, 2.75) is 39.7 Å². The second-order valence-corrected chi connectivity index (χ2v) is 11.5. The van der Waals surface area contributed by atoms with Gasteiger partial charge in [0.25, 0.3) is 0 Å². The molecule has 0 radical (unpaired) electrons. The van der Waals surface area contributed by atoms with Gasteiger partial charge in [-0.25, -0.2) is 13.2 Å². The highest BCUT2D eigenvalue weighted by molar-refractivity contribution is 7.90. The summed E-state index contributed by atoms with van der Waals surface area (Å²) in [7, 11) is -1.53. The van der Waals surface area contributed by atoms with Crippen LogP contribution in [-0.2, 0) is 16.3 Å². The number of sulfone groups is 1. The van der Waals surface area contributed by atoms with Gasteiger partial charge in [0, 0.05) is 36.2 Å². The second kappa shape index (κ2) is 8.61. The number of carboxylic acids is 1. The number of benzene rings is 1. The minimum absolute atomic E-state index is 0.0450. The van der Waals surface area contributed by atoms with E-state index in [2.05, 4.69) is 20.8 Å². The van der Waals surface area contributed by atoms with Crippen LogP contribution in [0.5, 0.6) is 11.5 Å². The Balaban J connectivity index is 2.09. The maximum Gasteiger partial charge on any atom is 0.341 e. The molecular formula is C23H29NO7S. The summed E-state index contributed by atoms with van der Waals surface area (Å²) < 4.78 is 35.9. The summed E-state index contributed by atoms with van der Waals surface area (Å²) in [6.45, 7) is 6.44. The first-order chi connectivity index (χ1) is 14.8. The summed E-state index contributed by atoms with van der Waals surface area (Å²) >= 11 is 0. The van der Waals surface area contributed by atoms with Crippen LogP contribution in [0, 0.1) is 5.41 Å². The monoisotopic (exact) mass is 463 g/mol. The first-order valence-corrected chi connectivity index (χ1v) is 12.4. The summed E-state index contributed by atoms with van der Waals surface area (Å²) in [4.78, 5) is 24.1. The molecule has 0 aliphatic carbocycles. The van der Waals surface area contributed by atoms with Crippen molar-refractivity contribution in [1.29, 1.82) is 0 Å². The number of carbonyl (C=O) groups is 1. The van der Waals surface area contributed by atoms with Crippen molar-refractivity contribution < 1.29 is 27.8 Å². The molecule has 1 aromatic heterocycles. The van der Waals surface area contributed by atoms with Crippen molar-refractivity contribution >= 4 is 15.8 Å². The third-order valence-corrected chi connectivity index (χ3v) is 6.65. The van der Waals surface area contributed by atoms with Crippen LogP contribution >= 0.6 is 0 Å². The Morgan fingerprint density at radius 2 is 1.94 bits per heavy atom. The average molecular weight is 464 g/mol. The lowest BCUT2D eigenvalue weighted by Crippen LogP contribution is -2.33. The lowest BCUT2D eigenvalue weighted by molar-refractivity contribution is 0.0693. The van der Waals surface area contributed by atoms with Gasteiger partial charge in [-0.05, 0) is 29.9 Å². The molecule has 2 heterocycles. The van der Waals surface area contributed by atoms with Crippen LogP contribution in [0.4, 0.5) is 0 Å². The molecule has 1 N–H and O–H groups in total. The highest BCUT2D eigenvalue weighted by Crippen LogP contribution is 2.47. The Morgan fingerprint density at radius 1 is 1.25 bits per heavy atom. The van der Waals surface area contributed by atoms with Crippen LogP contribution in [0.1, 0.15) is 49.2 Å². The van der Waals surface area contributed by atoms with Crippen molar-refractivity contribution in [1.82, 2.24) is 4.57 Å². The number of hydrogen-bond donors (Lipinski definition) is 1. The summed E-state index contributed by atoms with van der Waals surface area (Å²) in [5.41, 5.74) is 1.19. The van der Waals surface area contributed by atoms with Gasteiger partial charge in [-0.1, -0.05) is 20.8 Å². The summed E-state index contributed by atoms with van der Waals surface area (Å²) in [5, 5.41) is 9.45. The molecule has 1 aliphatic heterocycles. The predicted molar refractivity (Wildman–Crippen MR) is 122 cm³/mol. The van der Waals surface area contributed by atoms with Crippen molar-refractivity contribution in [2.24, 2.45) is 5.41 Å². The molecule has 0 bridgehead atoms. The topological polar surface area (TPSA) is 112 Å². The number of pyridine rings is 1. The Kier molecular flexibility index (Phi) is 6.42. The number of carboxylic acid groups (broad SMARTS) is 1. The van der Waals surface area contributed by atoms with Gasteiger partial charge in [-0.3, -0.25) is 4.79 Å². The second-order valence-electron chi connectivity index (χ2n) is 9.23. The molecule has 0 amide bonds. The van der Waals surface area contributed by atoms with Crippen LogP contribution in [0.25, 0.3) is 11.3 Å². The zero-order chi connectivity index (χ0) is 23.8. The molecule has 1 aromatic carbocycles. The van der Waals surface area contributed by atoms with E-state index in [0.29, 0.717) is 30.0 Å². The van der Waals surface area contributed by atoms with Gasteiger partial charge in [0.2, 0.25) is 0 Å². The van der Waals surface area contributed by atoms with Crippen molar-refractivity contribution in [3.05, 3.63) is 45.7 Å². The molecule has 174 valence electrons. The minimum Gasteiger partial charge on any atom is -0.496 e. The molecule has 9 heteroatoms. The highest BCUT2D eigenvalue weighted by atomic mass is 32.2. The Labute approximate surface area is 187 Å². The predicted octanol–water partition coefficient (Wildman–Crippen LogP) is 3.18. The van der Waals surface area contributed by atoms with E-state index < -0.39 is 21.2 Å². The van der Waals surface area contributed by atoms with Crippen LogP contribution < -0.4 is 14.9 Å². The number of aromatic carboxylic acids is 1. The largest absolute Gasteiger partial charge is 0.496 e. The fourth-order valence-electron chi connectivity index (χ4n) is 4.05. The van der Waals surface area contributed by atoms with Crippen LogP contribution in [0.15, 0.2) is 29.2 Å². The number of hydrogen-bond acceptors (Lipinski definition) is 6. The molecular weight excluding hydrogens is 434 g/mol. The van der Waals surface area contributed by atoms with Crippen LogP contribution in [-0.4, -0.2) is 49.8 Å². The maximum atomic E-state index is 12.5. The lowest BCUT2D eigenvalue weighted by atomic mass is 9.78. The van der Waals surface area contributed by atoms with Gasteiger partial charge in [0.05, 0.1) is 25.2 Å². The fourth-order valence-corrected chi connectivity index (χ4v) is 4.69. The van der Waals surface area contributed by atoms with Crippen LogP contribution in [0.3, 0.4) is 0 Å².